The van der Waals surface area contributed by atoms with E-state index in [9.17, 15) is 9.59 Å². The van der Waals surface area contributed by atoms with Crippen molar-refractivity contribution in [1.82, 2.24) is 0 Å². The molecule has 0 aliphatic heterocycles. The molecule has 3 saturated carbocycles. The van der Waals surface area contributed by atoms with E-state index in [0.717, 1.165) is 59.9 Å². The molecule has 140 valence electrons. The molecule has 0 saturated heterocycles. The van der Waals surface area contributed by atoms with Crippen LogP contribution < -0.4 is 0 Å². The Morgan fingerprint density at radius 2 is 1.56 bits per heavy atom. The van der Waals surface area contributed by atoms with E-state index in [1.165, 1.54) is 0 Å². The van der Waals surface area contributed by atoms with Crippen molar-refractivity contribution in [2.24, 2.45) is 11.8 Å². The molecule has 0 atom stereocenters. The molecule has 0 N–H and O–H groups in total. The molecule has 2 aromatic rings. The Hall–Kier alpha value is -1.93. The lowest BCUT2D eigenvalue weighted by molar-refractivity contribution is -0.130. The molecular weight excluding hydrogens is 356 g/mol. The molecule has 3 aliphatic rings. The lowest BCUT2D eigenvalue weighted by atomic mass is 9.81. The summed E-state index contributed by atoms with van der Waals surface area (Å²) in [7, 11) is 0. The summed E-state index contributed by atoms with van der Waals surface area (Å²) < 4.78 is 0. The molecule has 3 heteroatoms. The van der Waals surface area contributed by atoms with E-state index in [1.54, 1.807) is 0 Å². The highest BCUT2D eigenvalue weighted by molar-refractivity contribution is 6.30. The van der Waals surface area contributed by atoms with Crippen molar-refractivity contribution < 1.29 is 9.59 Å². The Morgan fingerprint density at radius 3 is 2.11 bits per heavy atom. The smallest absolute Gasteiger partial charge is 0.150 e. The van der Waals surface area contributed by atoms with Crippen molar-refractivity contribution in [3.63, 3.8) is 0 Å². The van der Waals surface area contributed by atoms with Gasteiger partial charge in [0.25, 0.3) is 0 Å². The lowest BCUT2D eigenvalue weighted by Crippen LogP contribution is -2.26. The van der Waals surface area contributed by atoms with E-state index in [0.29, 0.717) is 5.02 Å². The second-order valence-electron chi connectivity index (χ2n) is 8.01. The van der Waals surface area contributed by atoms with Gasteiger partial charge in [0.15, 0.2) is 11.6 Å². The van der Waals surface area contributed by atoms with Gasteiger partial charge in [-0.05, 0) is 85.0 Å². The fraction of sp³-hybridized carbons (Fsp3) is 0.417. The van der Waals surface area contributed by atoms with Crippen molar-refractivity contribution in [1.29, 1.82) is 0 Å². The molecule has 0 amide bonds. The minimum Gasteiger partial charge on any atom is -0.298 e. The van der Waals surface area contributed by atoms with Crippen LogP contribution in [0.4, 0.5) is 0 Å². The van der Waals surface area contributed by atoms with Crippen LogP contribution in [0.15, 0.2) is 36.4 Å². The van der Waals surface area contributed by atoms with Gasteiger partial charge in [-0.25, -0.2) is 0 Å². The average Bonchev–Trinajstić information content (AvgIpc) is 2.86. The number of Topliss-reactive ketones (excluding diaryl/α,β-unsaturated/α-hetero) is 2. The third-order valence-electron chi connectivity index (χ3n) is 6.44. The van der Waals surface area contributed by atoms with E-state index < -0.39 is 5.92 Å². The summed E-state index contributed by atoms with van der Waals surface area (Å²) in [5, 5.41) is 0.715. The number of halogens is 1. The molecule has 3 fully saturated rings. The number of benzene rings is 2. The summed E-state index contributed by atoms with van der Waals surface area (Å²) >= 11 is 6.11. The van der Waals surface area contributed by atoms with Crippen molar-refractivity contribution >= 4 is 23.2 Å². The minimum absolute atomic E-state index is 0.0586. The average molecular weight is 381 g/mol. The number of carbonyl (C=O) groups is 2. The summed E-state index contributed by atoms with van der Waals surface area (Å²) in [6.07, 6.45) is 4.33. The highest BCUT2D eigenvalue weighted by Gasteiger charge is 2.44. The van der Waals surface area contributed by atoms with Crippen LogP contribution in [0.1, 0.15) is 55.2 Å². The van der Waals surface area contributed by atoms with E-state index >= 15 is 0 Å². The Bertz CT molecular complexity index is 883. The first-order valence-corrected chi connectivity index (χ1v) is 10.3. The number of rotatable bonds is 3. The monoisotopic (exact) mass is 380 g/mol. The van der Waals surface area contributed by atoms with Crippen molar-refractivity contribution in [2.45, 2.75) is 51.9 Å². The third-order valence-corrected chi connectivity index (χ3v) is 6.67. The normalized spacial score (nSPS) is 24.9. The second kappa shape index (κ2) is 7.24. The largest absolute Gasteiger partial charge is 0.298 e. The number of fused-ring (bicyclic) bond motifs is 4. The molecule has 3 aliphatic carbocycles. The molecule has 2 bridgehead atoms. The number of hydrogen-bond acceptors (Lipinski definition) is 2. The Kier molecular flexibility index (Phi) is 4.94. The van der Waals surface area contributed by atoms with Crippen LogP contribution in [0.5, 0.6) is 0 Å². The molecule has 0 spiro atoms. The second-order valence-corrected chi connectivity index (χ2v) is 8.45. The van der Waals surface area contributed by atoms with Crippen LogP contribution in [-0.2, 0) is 16.0 Å². The zero-order valence-electron chi connectivity index (χ0n) is 15.9. The highest BCUT2D eigenvalue weighted by atomic mass is 35.5. The molecule has 0 aromatic heterocycles. The van der Waals surface area contributed by atoms with Gasteiger partial charge in [-0.15, -0.1) is 0 Å². The summed E-state index contributed by atoms with van der Waals surface area (Å²) in [6.45, 7) is 4.13. The van der Waals surface area contributed by atoms with Crippen LogP contribution in [-0.4, -0.2) is 11.6 Å². The Balaban J connectivity index is 1.84. The van der Waals surface area contributed by atoms with E-state index in [1.807, 2.05) is 25.1 Å². The lowest BCUT2D eigenvalue weighted by Gasteiger charge is -2.20. The van der Waals surface area contributed by atoms with Gasteiger partial charge < -0.3 is 0 Å². The molecular formula is C24H25ClO2. The van der Waals surface area contributed by atoms with Gasteiger partial charge in [-0.1, -0.05) is 36.7 Å². The van der Waals surface area contributed by atoms with Gasteiger partial charge in [0.2, 0.25) is 0 Å². The quantitative estimate of drug-likeness (QED) is 0.619. The van der Waals surface area contributed by atoms with Crippen LogP contribution in [0.2, 0.25) is 5.02 Å². The van der Waals surface area contributed by atoms with Crippen LogP contribution >= 0.6 is 11.6 Å². The fourth-order valence-electron chi connectivity index (χ4n) is 4.88. The predicted molar refractivity (Wildman–Crippen MR) is 109 cm³/mol. The van der Waals surface area contributed by atoms with Gasteiger partial charge >= 0.3 is 0 Å². The standard InChI is InChI=1S/C24H25ClO2/c1-3-15-4-9-18(20-11-10-19(25)12-14(20)2)13-21(15)22-23(26)16-5-6-17(8-7-16)24(22)27/h4,9-13,16-17,22H,3,5-8H2,1-2H3. The SMILES string of the molecule is CCc1ccc(-c2ccc(Cl)cc2C)cc1C1C(=O)C2CCC(CC2)C1=O. The first-order chi connectivity index (χ1) is 13.0. The molecule has 0 radical (unpaired) electrons. The van der Waals surface area contributed by atoms with Gasteiger partial charge in [-0.3, -0.25) is 9.59 Å². The molecule has 5 rings (SSSR count). The fourth-order valence-corrected chi connectivity index (χ4v) is 5.11. The third kappa shape index (κ3) is 3.25. The van der Waals surface area contributed by atoms with Gasteiger partial charge in [0.1, 0.15) is 5.92 Å². The summed E-state index contributed by atoms with van der Waals surface area (Å²) in [6, 6.07) is 12.1. The Labute approximate surface area is 165 Å². The van der Waals surface area contributed by atoms with Crippen LogP contribution in [0.25, 0.3) is 11.1 Å². The van der Waals surface area contributed by atoms with Crippen LogP contribution in [0, 0.1) is 18.8 Å². The zero-order valence-corrected chi connectivity index (χ0v) is 16.7. The van der Waals surface area contributed by atoms with E-state index in [-0.39, 0.29) is 23.4 Å². The topological polar surface area (TPSA) is 34.1 Å². The van der Waals surface area contributed by atoms with Gasteiger partial charge in [-0.2, -0.15) is 0 Å². The molecule has 27 heavy (non-hydrogen) atoms. The van der Waals surface area contributed by atoms with Gasteiger partial charge in [0.05, 0.1) is 0 Å². The molecule has 0 unspecified atom stereocenters. The minimum atomic E-state index is -0.576. The predicted octanol–water partition coefficient (Wildman–Crippen LogP) is 5.92. The maximum Gasteiger partial charge on any atom is 0.150 e. The van der Waals surface area contributed by atoms with Crippen molar-refractivity contribution in [2.75, 3.05) is 0 Å². The number of aryl methyl sites for hydroxylation is 2. The van der Waals surface area contributed by atoms with Gasteiger partial charge in [0, 0.05) is 16.9 Å². The molecule has 2 nitrogen and oxygen atoms in total. The Morgan fingerprint density at radius 1 is 0.926 bits per heavy atom. The number of ketones is 2. The van der Waals surface area contributed by atoms with Crippen LogP contribution in [0.3, 0.4) is 0 Å². The summed E-state index contributed by atoms with van der Waals surface area (Å²) in [4.78, 5) is 26.4. The zero-order chi connectivity index (χ0) is 19.1. The van der Waals surface area contributed by atoms with Crippen molar-refractivity contribution in [3.05, 3.63) is 58.1 Å². The van der Waals surface area contributed by atoms with Crippen molar-refractivity contribution in [3.8, 4) is 11.1 Å². The first kappa shape index (κ1) is 18.4. The number of hydrogen-bond donors (Lipinski definition) is 0. The van der Waals surface area contributed by atoms with E-state index in [4.69, 9.17) is 11.6 Å². The molecule has 2 aromatic carbocycles. The maximum atomic E-state index is 13.2. The maximum absolute atomic E-state index is 13.2. The molecule has 0 heterocycles. The summed E-state index contributed by atoms with van der Waals surface area (Å²) in [5.41, 5.74) is 5.28. The number of carbonyl (C=O) groups excluding carboxylic acids is 2. The summed E-state index contributed by atoms with van der Waals surface area (Å²) in [5.74, 6) is -0.154. The highest BCUT2D eigenvalue weighted by Crippen LogP contribution is 2.43. The first-order valence-electron chi connectivity index (χ1n) is 9.96. The van der Waals surface area contributed by atoms with E-state index in [2.05, 4.69) is 25.1 Å².